The number of hydrogen-bond acceptors (Lipinski definition) is 8. The summed E-state index contributed by atoms with van der Waals surface area (Å²) < 4.78 is 22.4. The topological polar surface area (TPSA) is 91.4 Å². The molecule has 0 spiro atoms. The van der Waals surface area contributed by atoms with Crippen LogP contribution in [0.1, 0.15) is 15.9 Å². The summed E-state index contributed by atoms with van der Waals surface area (Å²) in [7, 11) is 2.99. The fourth-order valence-corrected chi connectivity index (χ4v) is 5.16. The third-order valence-corrected chi connectivity index (χ3v) is 7.30. The number of halogens is 2. The van der Waals surface area contributed by atoms with Crippen LogP contribution in [0.5, 0.6) is 23.0 Å². The number of rotatable bonds is 9. The number of benzene rings is 3. The van der Waals surface area contributed by atoms with Gasteiger partial charge in [-0.25, -0.2) is 4.79 Å². The first kappa shape index (κ1) is 27.8. The maximum Gasteiger partial charge on any atom is 0.343 e. The molecular formula is C27H21ClINO7S. The Balaban J connectivity index is 1.45. The molecule has 3 aromatic carbocycles. The number of imide groups is 1. The summed E-state index contributed by atoms with van der Waals surface area (Å²) in [6.07, 6.45) is 1.60. The minimum Gasteiger partial charge on any atom is -0.497 e. The van der Waals surface area contributed by atoms with Crippen molar-refractivity contribution in [3.63, 3.8) is 0 Å². The SMILES string of the molecule is COc1ccc(C(=O)Oc2c(I)cc(/C=C3\SC(=O)N(CCOc4ccc(Cl)cc4)C3=O)cc2OC)cc1. The van der Waals surface area contributed by atoms with Crippen molar-refractivity contribution in [3.05, 3.63) is 85.3 Å². The summed E-state index contributed by atoms with van der Waals surface area (Å²) >= 11 is 8.74. The molecule has 1 fully saturated rings. The maximum atomic E-state index is 12.9. The lowest BCUT2D eigenvalue weighted by atomic mass is 10.1. The zero-order valence-corrected chi connectivity index (χ0v) is 24.0. The highest BCUT2D eigenvalue weighted by atomic mass is 127. The Hall–Kier alpha value is -3.22. The molecule has 8 nitrogen and oxygen atoms in total. The summed E-state index contributed by atoms with van der Waals surface area (Å²) in [5.74, 6) is 0.796. The van der Waals surface area contributed by atoms with Gasteiger partial charge < -0.3 is 18.9 Å². The molecule has 196 valence electrons. The molecule has 38 heavy (non-hydrogen) atoms. The molecule has 0 unspecified atom stereocenters. The number of carbonyl (C=O) groups is 3. The predicted molar refractivity (Wildman–Crippen MR) is 153 cm³/mol. The van der Waals surface area contributed by atoms with E-state index in [0.717, 1.165) is 16.7 Å². The van der Waals surface area contributed by atoms with Crippen molar-refractivity contribution in [2.45, 2.75) is 0 Å². The third-order valence-electron chi connectivity index (χ3n) is 5.34. The van der Waals surface area contributed by atoms with Crippen LogP contribution in [0.25, 0.3) is 6.08 Å². The molecule has 4 rings (SSSR count). The lowest BCUT2D eigenvalue weighted by Gasteiger charge is -2.13. The van der Waals surface area contributed by atoms with Crippen LogP contribution < -0.4 is 18.9 Å². The molecule has 1 aliphatic heterocycles. The van der Waals surface area contributed by atoms with Crippen LogP contribution in [0.15, 0.2) is 65.6 Å². The summed E-state index contributed by atoms with van der Waals surface area (Å²) in [4.78, 5) is 39.4. The maximum absolute atomic E-state index is 12.9. The van der Waals surface area contributed by atoms with E-state index in [1.807, 2.05) is 22.6 Å². The Morgan fingerprint density at radius 2 is 1.68 bits per heavy atom. The monoisotopic (exact) mass is 665 g/mol. The first-order chi connectivity index (χ1) is 18.3. The molecule has 0 N–H and O–H groups in total. The van der Waals surface area contributed by atoms with Gasteiger partial charge in [0.2, 0.25) is 0 Å². The van der Waals surface area contributed by atoms with Crippen LogP contribution in [0.2, 0.25) is 5.02 Å². The minimum absolute atomic E-state index is 0.103. The van der Waals surface area contributed by atoms with Gasteiger partial charge in [-0.15, -0.1) is 0 Å². The number of carbonyl (C=O) groups excluding carboxylic acids is 3. The van der Waals surface area contributed by atoms with Gasteiger partial charge in [0, 0.05) is 5.02 Å². The first-order valence-electron chi connectivity index (χ1n) is 11.2. The normalized spacial score (nSPS) is 14.1. The van der Waals surface area contributed by atoms with E-state index in [1.54, 1.807) is 73.8 Å². The highest BCUT2D eigenvalue weighted by Crippen LogP contribution is 2.37. The van der Waals surface area contributed by atoms with E-state index in [0.29, 0.717) is 37.0 Å². The zero-order valence-electron chi connectivity index (χ0n) is 20.2. The van der Waals surface area contributed by atoms with Gasteiger partial charge in [0.15, 0.2) is 11.5 Å². The van der Waals surface area contributed by atoms with Crippen molar-refractivity contribution < 1.29 is 33.3 Å². The molecule has 0 aromatic heterocycles. The highest BCUT2D eigenvalue weighted by Gasteiger charge is 2.35. The van der Waals surface area contributed by atoms with E-state index in [2.05, 4.69) is 0 Å². The average Bonchev–Trinajstić information content (AvgIpc) is 3.18. The van der Waals surface area contributed by atoms with Gasteiger partial charge in [0.25, 0.3) is 11.1 Å². The summed E-state index contributed by atoms with van der Waals surface area (Å²) in [5.41, 5.74) is 0.958. The lowest BCUT2D eigenvalue weighted by Crippen LogP contribution is -2.32. The van der Waals surface area contributed by atoms with Crippen LogP contribution in [-0.4, -0.2) is 49.4 Å². The van der Waals surface area contributed by atoms with Crippen molar-refractivity contribution in [1.29, 1.82) is 0 Å². The van der Waals surface area contributed by atoms with Gasteiger partial charge in [-0.1, -0.05) is 11.6 Å². The number of ether oxygens (including phenoxy) is 4. The summed E-state index contributed by atoms with van der Waals surface area (Å²) in [5, 5.41) is 0.204. The Labute approximate surface area is 242 Å². The predicted octanol–water partition coefficient (Wildman–Crippen LogP) is 6.30. The molecule has 0 atom stereocenters. The Morgan fingerprint density at radius 1 is 1.00 bits per heavy atom. The molecule has 0 bridgehead atoms. The van der Waals surface area contributed by atoms with Crippen molar-refractivity contribution in [3.8, 4) is 23.0 Å². The van der Waals surface area contributed by atoms with Gasteiger partial charge in [0.1, 0.15) is 18.1 Å². The van der Waals surface area contributed by atoms with Crippen molar-refractivity contribution in [1.82, 2.24) is 4.90 Å². The molecule has 0 radical (unpaired) electrons. The fourth-order valence-electron chi connectivity index (χ4n) is 3.43. The number of thioether (sulfide) groups is 1. The van der Waals surface area contributed by atoms with Gasteiger partial charge in [-0.2, -0.15) is 0 Å². The summed E-state index contributed by atoms with van der Waals surface area (Å²) in [6, 6.07) is 16.7. The Bertz CT molecular complexity index is 1390. The highest BCUT2D eigenvalue weighted by molar-refractivity contribution is 14.1. The smallest absolute Gasteiger partial charge is 0.343 e. The van der Waals surface area contributed by atoms with Crippen LogP contribution in [0, 0.1) is 3.57 Å². The van der Waals surface area contributed by atoms with Crippen LogP contribution in [0.3, 0.4) is 0 Å². The molecule has 0 saturated carbocycles. The lowest BCUT2D eigenvalue weighted by molar-refractivity contribution is -0.123. The number of amides is 2. The molecule has 2 amide bonds. The number of nitrogens with zero attached hydrogens (tertiary/aromatic N) is 1. The van der Waals surface area contributed by atoms with E-state index in [4.69, 9.17) is 30.5 Å². The Kier molecular flexibility index (Phi) is 9.18. The molecular weight excluding hydrogens is 645 g/mol. The second-order valence-corrected chi connectivity index (χ2v) is 10.4. The number of esters is 1. The van der Waals surface area contributed by atoms with Gasteiger partial charge in [-0.3, -0.25) is 14.5 Å². The second kappa shape index (κ2) is 12.5. The molecule has 3 aromatic rings. The summed E-state index contributed by atoms with van der Waals surface area (Å²) in [6.45, 7) is 0.249. The molecule has 0 aliphatic carbocycles. The van der Waals surface area contributed by atoms with E-state index in [9.17, 15) is 14.4 Å². The average molecular weight is 666 g/mol. The quantitative estimate of drug-likeness (QED) is 0.114. The zero-order chi connectivity index (χ0) is 27.2. The van der Waals surface area contributed by atoms with E-state index < -0.39 is 11.9 Å². The number of hydrogen-bond donors (Lipinski definition) is 0. The van der Waals surface area contributed by atoms with Crippen LogP contribution in [-0.2, 0) is 4.79 Å². The van der Waals surface area contributed by atoms with Gasteiger partial charge in [0.05, 0.1) is 34.8 Å². The van der Waals surface area contributed by atoms with Crippen molar-refractivity contribution in [2.75, 3.05) is 27.4 Å². The van der Waals surface area contributed by atoms with Gasteiger partial charge in [-0.05, 0) is 107 Å². The largest absolute Gasteiger partial charge is 0.497 e. The Morgan fingerprint density at radius 3 is 2.34 bits per heavy atom. The number of methoxy groups -OCH3 is 2. The van der Waals surface area contributed by atoms with Gasteiger partial charge >= 0.3 is 5.97 Å². The van der Waals surface area contributed by atoms with E-state index in [-0.39, 0.29) is 29.0 Å². The van der Waals surface area contributed by atoms with Crippen LogP contribution in [0.4, 0.5) is 4.79 Å². The molecule has 1 aliphatic rings. The van der Waals surface area contributed by atoms with Crippen molar-refractivity contribution >= 4 is 69.1 Å². The first-order valence-corrected chi connectivity index (χ1v) is 13.4. The van der Waals surface area contributed by atoms with E-state index in [1.165, 1.54) is 7.11 Å². The minimum atomic E-state index is -0.557. The van der Waals surface area contributed by atoms with Crippen LogP contribution >= 0.6 is 46.0 Å². The third kappa shape index (κ3) is 6.61. The fraction of sp³-hybridized carbons (Fsp3) is 0.148. The standard InChI is InChI=1S/C27H21ClINO7S/c1-34-19-7-3-17(4-8-19)26(32)37-24-21(29)13-16(14-22(24)35-2)15-23-25(31)30(27(33)38-23)11-12-36-20-9-5-18(28)6-10-20/h3-10,13-15H,11-12H2,1-2H3/b23-15-. The molecule has 1 heterocycles. The van der Waals surface area contributed by atoms with Crippen molar-refractivity contribution in [2.24, 2.45) is 0 Å². The van der Waals surface area contributed by atoms with E-state index >= 15 is 0 Å². The molecule has 11 heteroatoms. The second-order valence-electron chi connectivity index (χ2n) is 7.79. The molecule has 1 saturated heterocycles.